The number of nitrogens with zero attached hydrogens (tertiary/aromatic N) is 1. The summed E-state index contributed by atoms with van der Waals surface area (Å²) in [6.45, 7) is 5.14. The fourth-order valence-corrected chi connectivity index (χ4v) is 3.23. The molecule has 1 unspecified atom stereocenters. The molecule has 2 aromatic rings. The lowest BCUT2D eigenvalue weighted by Gasteiger charge is -2.11. The maximum atomic E-state index is 12.3. The summed E-state index contributed by atoms with van der Waals surface area (Å²) in [5, 5.41) is 7.58. The molecule has 2 heterocycles. The number of aromatic nitrogens is 1. The predicted octanol–water partition coefficient (Wildman–Crippen LogP) is 5.07. The number of rotatable bonds is 6. The SMILES string of the molecule is CCC(C)NCc1cccc2c3cccc(NC(=O)c4ccoc4)cc-3nc12. The number of fused-ring (bicyclic) bond motifs is 3. The number of para-hydroxylation sites is 1. The van der Waals surface area contributed by atoms with E-state index in [-0.39, 0.29) is 5.91 Å². The van der Waals surface area contributed by atoms with Crippen LogP contribution in [0.3, 0.4) is 0 Å². The first-order chi connectivity index (χ1) is 13.7. The Hall–Kier alpha value is -3.18. The third-order valence-corrected chi connectivity index (χ3v) is 5.04. The molecule has 1 aliphatic heterocycles. The molecule has 4 rings (SSSR count). The van der Waals surface area contributed by atoms with Gasteiger partial charge in [0.25, 0.3) is 5.91 Å². The summed E-state index contributed by atoms with van der Waals surface area (Å²) in [5.41, 5.74) is 5.31. The van der Waals surface area contributed by atoms with E-state index in [0.29, 0.717) is 17.3 Å². The minimum absolute atomic E-state index is 0.206. The van der Waals surface area contributed by atoms with Crippen molar-refractivity contribution in [3.63, 3.8) is 0 Å². The Labute approximate surface area is 164 Å². The molecule has 0 saturated heterocycles. The van der Waals surface area contributed by atoms with Gasteiger partial charge in [-0.25, -0.2) is 4.98 Å². The second kappa shape index (κ2) is 7.82. The molecule has 0 bridgehead atoms. The van der Waals surface area contributed by atoms with E-state index in [2.05, 4.69) is 42.7 Å². The van der Waals surface area contributed by atoms with Crippen LogP contribution < -0.4 is 10.6 Å². The van der Waals surface area contributed by atoms with Gasteiger partial charge in [-0.2, -0.15) is 0 Å². The molecular formula is C23H23N3O2. The van der Waals surface area contributed by atoms with Crippen molar-refractivity contribution >= 4 is 22.5 Å². The van der Waals surface area contributed by atoms with Crippen LogP contribution in [0.15, 0.2) is 65.5 Å². The predicted molar refractivity (Wildman–Crippen MR) is 112 cm³/mol. The third-order valence-electron chi connectivity index (χ3n) is 5.04. The minimum Gasteiger partial charge on any atom is -0.472 e. The lowest BCUT2D eigenvalue weighted by Crippen LogP contribution is -2.24. The number of furan rings is 1. The fraction of sp³-hybridized carbons (Fsp3) is 0.217. The Morgan fingerprint density at radius 3 is 2.82 bits per heavy atom. The molecule has 1 amide bonds. The number of hydrogen-bond donors (Lipinski definition) is 2. The summed E-state index contributed by atoms with van der Waals surface area (Å²) in [6, 6.07) is 16.2. The number of anilines is 1. The van der Waals surface area contributed by atoms with E-state index in [4.69, 9.17) is 9.40 Å². The Bertz CT molecular complexity index is 1070. The van der Waals surface area contributed by atoms with E-state index in [9.17, 15) is 4.79 Å². The zero-order valence-corrected chi connectivity index (χ0v) is 16.0. The van der Waals surface area contributed by atoms with Gasteiger partial charge in [-0.05, 0) is 37.1 Å². The monoisotopic (exact) mass is 373 g/mol. The van der Waals surface area contributed by atoms with Crippen LogP contribution in [0.1, 0.15) is 36.2 Å². The van der Waals surface area contributed by atoms with Gasteiger partial charge in [-0.1, -0.05) is 37.3 Å². The molecule has 0 fully saturated rings. The number of nitrogens with one attached hydrogen (secondary N) is 2. The molecule has 2 aliphatic rings. The molecule has 0 spiro atoms. The van der Waals surface area contributed by atoms with Crippen LogP contribution in [0.5, 0.6) is 0 Å². The summed E-state index contributed by atoms with van der Waals surface area (Å²) in [5.74, 6) is -0.206. The lowest BCUT2D eigenvalue weighted by atomic mass is 10.1. The molecule has 1 aromatic carbocycles. The van der Waals surface area contributed by atoms with Crippen molar-refractivity contribution in [2.24, 2.45) is 0 Å². The second-order valence-electron chi connectivity index (χ2n) is 7.01. The van der Waals surface area contributed by atoms with Gasteiger partial charge in [0.05, 0.1) is 23.0 Å². The Morgan fingerprint density at radius 2 is 2.04 bits per heavy atom. The van der Waals surface area contributed by atoms with Crippen molar-refractivity contribution in [1.82, 2.24) is 10.3 Å². The highest BCUT2D eigenvalue weighted by Crippen LogP contribution is 2.33. The van der Waals surface area contributed by atoms with Crippen LogP contribution >= 0.6 is 0 Å². The fourth-order valence-electron chi connectivity index (χ4n) is 3.23. The highest BCUT2D eigenvalue weighted by Gasteiger charge is 2.15. The van der Waals surface area contributed by atoms with E-state index in [1.165, 1.54) is 18.1 Å². The maximum absolute atomic E-state index is 12.3. The Kier molecular flexibility index (Phi) is 5.08. The topological polar surface area (TPSA) is 67.2 Å². The van der Waals surface area contributed by atoms with Gasteiger partial charge in [-0.15, -0.1) is 0 Å². The molecule has 0 saturated carbocycles. The highest BCUT2D eigenvalue weighted by molar-refractivity contribution is 6.05. The number of amides is 1. The standard InChI is InChI=1S/C23H23N3O2/c1-3-15(2)24-13-16-6-4-9-20-19-8-5-7-18(12-21(19)26-22(16)20)25-23(27)17-10-11-28-14-17/h4-12,14-15,24H,3,13H2,1-2H3,(H,25,27). The largest absolute Gasteiger partial charge is 0.472 e. The van der Waals surface area contributed by atoms with Crippen LogP contribution in [0.2, 0.25) is 0 Å². The number of benzene rings is 1. The lowest BCUT2D eigenvalue weighted by molar-refractivity contribution is 0.102. The molecule has 0 radical (unpaired) electrons. The van der Waals surface area contributed by atoms with Crippen molar-refractivity contribution in [3.8, 4) is 11.3 Å². The van der Waals surface area contributed by atoms with E-state index in [0.717, 1.165) is 35.1 Å². The van der Waals surface area contributed by atoms with Crippen LogP contribution in [-0.4, -0.2) is 16.9 Å². The average molecular weight is 373 g/mol. The van der Waals surface area contributed by atoms with Crippen LogP contribution in [-0.2, 0) is 6.54 Å². The highest BCUT2D eigenvalue weighted by atomic mass is 16.3. The Balaban J connectivity index is 1.68. The van der Waals surface area contributed by atoms with Crippen molar-refractivity contribution in [2.75, 3.05) is 5.32 Å². The molecule has 28 heavy (non-hydrogen) atoms. The van der Waals surface area contributed by atoms with E-state index < -0.39 is 0 Å². The molecule has 2 N–H and O–H groups in total. The summed E-state index contributed by atoms with van der Waals surface area (Å²) in [4.78, 5) is 17.2. The third kappa shape index (κ3) is 3.62. The smallest absolute Gasteiger partial charge is 0.258 e. The molecule has 1 aliphatic carbocycles. The second-order valence-corrected chi connectivity index (χ2v) is 7.01. The van der Waals surface area contributed by atoms with Gasteiger partial charge >= 0.3 is 0 Å². The first-order valence-corrected chi connectivity index (χ1v) is 9.54. The number of hydrogen-bond acceptors (Lipinski definition) is 4. The molecule has 142 valence electrons. The van der Waals surface area contributed by atoms with Crippen molar-refractivity contribution in [3.05, 3.63) is 72.2 Å². The first kappa shape index (κ1) is 18.2. The van der Waals surface area contributed by atoms with Crippen molar-refractivity contribution < 1.29 is 9.21 Å². The van der Waals surface area contributed by atoms with Gasteiger partial charge in [0.15, 0.2) is 0 Å². The minimum atomic E-state index is -0.206. The molecule has 1 atom stereocenters. The molecule has 5 heteroatoms. The Morgan fingerprint density at radius 1 is 1.18 bits per heavy atom. The molecular weight excluding hydrogens is 350 g/mol. The first-order valence-electron chi connectivity index (χ1n) is 9.54. The summed E-state index contributed by atoms with van der Waals surface area (Å²) < 4.78 is 4.98. The van der Waals surface area contributed by atoms with Crippen molar-refractivity contribution in [2.45, 2.75) is 32.9 Å². The average Bonchev–Trinajstić information content (AvgIpc) is 3.31. The van der Waals surface area contributed by atoms with Gasteiger partial charge in [0, 0.05) is 29.2 Å². The van der Waals surface area contributed by atoms with Gasteiger partial charge in [0.1, 0.15) is 6.26 Å². The molecule has 1 aromatic heterocycles. The van der Waals surface area contributed by atoms with Crippen LogP contribution in [0.25, 0.3) is 22.2 Å². The normalized spacial score (nSPS) is 12.4. The van der Waals surface area contributed by atoms with E-state index in [1.54, 1.807) is 6.07 Å². The van der Waals surface area contributed by atoms with Crippen LogP contribution in [0.4, 0.5) is 5.69 Å². The summed E-state index contributed by atoms with van der Waals surface area (Å²) in [7, 11) is 0. The maximum Gasteiger partial charge on any atom is 0.258 e. The number of carbonyl (C=O) groups excluding carboxylic acids is 1. The van der Waals surface area contributed by atoms with Gasteiger partial charge in [-0.3, -0.25) is 4.79 Å². The summed E-state index contributed by atoms with van der Waals surface area (Å²) >= 11 is 0. The van der Waals surface area contributed by atoms with Gasteiger partial charge < -0.3 is 15.1 Å². The zero-order chi connectivity index (χ0) is 19.5. The van der Waals surface area contributed by atoms with Crippen molar-refractivity contribution in [1.29, 1.82) is 0 Å². The van der Waals surface area contributed by atoms with E-state index in [1.807, 2.05) is 24.3 Å². The quantitative estimate of drug-likeness (QED) is 0.495. The van der Waals surface area contributed by atoms with E-state index >= 15 is 0 Å². The van der Waals surface area contributed by atoms with Gasteiger partial charge in [0.2, 0.25) is 0 Å². The number of carbonyl (C=O) groups is 1. The molecule has 5 nitrogen and oxygen atoms in total. The summed E-state index contributed by atoms with van der Waals surface area (Å²) in [6.07, 6.45) is 4.00. The zero-order valence-electron chi connectivity index (χ0n) is 16.0. The van der Waals surface area contributed by atoms with Crippen LogP contribution in [0, 0.1) is 0 Å².